The summed E-state index contributed by atoms with van der Waals surface area (Å²) in [5.41, 5.74) is 3.38. The number of rotatable bonds is 6. The normalized spacial score (nSPS) is 19.0. The van der Waals surface area contributed by atoms with Crippen molar-refractivity contribution in [2.75, 3.05) is 12.4 Å². The fourth-order valence-corrected chi connectivity index (χ4v) is 5.52. The minimum absolute atomic E-state index is 0.0161. The molecule has 10 heteroatoms. The van der Waals surface area contributed by atoms with Gasteiger partial charge in [0, 0.05) is 28.6 Å². The van der Waals surface area contributed by atoms with Crippen LogP contribution >= 0.6 is 35.0 Å². The topological polar surface area (TPSA) is 83.4 Å². The Bertz CT molecular complexity index is 1390. The summed E-state index contributed by atoms with van der Waals surface area (Å²) in [5.74, 6) is 0.105. The molecular weight excluding hydrogens is 531 g/mol. The average Bonchev–Trinajstić information content (AvgIpc) is 3.48. The third-order valence-corrected chi connectivity index (χ3v) is 7.62. The number of anilines is 1. The summed E-state index contributed by atoms with van der Waals surface area (Å²) >= 11 is 13.3. The fourth-order valence-electron chi connectivity index (χ4n) is 4.14. The van der Waals surface area contributed by atoms with E-state index in [1.165, 1.54) is 11.8 Å². The van der Waals surface area contributed by atoms with Gasteiger partial charge in [-0.25, -0.2) is 5.01 Å². The van der Waals surface area contributed by atoms with Gasteiger partial charge in [0.2, 0.25) is 5.91 Å². The number of benzene rings is 3. The van der Waals surface area contributed by atoms with Gasteiger partial charge in [0.05, 0.1) is 18.9 Å². The molecule has 0 unspecified atom stereocenters. The van der Waals surface area contributed by atoms with E-state index in [2.05, 4.69) is 10.3 Å². The van der Waals surface area contributed by atoms with Crippen molar-refractivity contribution < 1.29 is 14.3 Å². The molecule has 2 amide bonds. The molecule has 0 radical (unpaired) electrons. The lowest BCUT2D eigenvalue weighted by Crippen LogP contribution is -2.25. The summed E-state index contributed by atoms with van der Waals surface area (Å²) in [7, 11) is 1.62. The van der Waals surface area contributed by atoms with E-state index in [0.717, 1.165) is 22.6 Å². The molecule has 0 bridgehead atoms. The average molecular weight is 553 g/mol. The number of halogens is 2. The van der Waals surface area contributed by atoms with E-state index in [1.807, 2.05) is 48.5 Å². The van der Waals surface area contributed by atoms with Crippen LogP contribution in [0.5, 0.6) is 5.75 Å². The van der Waals surface area contributed by atoms with Gasteiger partial charge in [-0.3, -0.25) is 9.59 Å². The van der Waals surface area contributed by atoms with Gasteiger partial charge in [-0.1, -0.05) is 65.3 Å². The number of ether oxygens (including phenoxy) is 1. The molecule has 3 aromatic rings. The maximum Gasteiger partial charge on any atom is 0.262 e. The summed E-state index contributed by atoms with van der Waals surface area (Å²) in [6.07, 6.45) is 0.597. The summed E-state index contributed by atoms with van der Waals surface area (Å²) in [6, 6.07) is 21.9. The van der Waals surface area contributed by atoms with Crippen LogP contribution in [0.3, 0.4) is 0 Å². The molecule has 0 spiro atoms. The zero-order valence-electron chi connectivity index (χ0n) is 19.7. The van der Waals surface area contributed by atoms with Gasteiger partial charge in [-0.05, 0) is 53.6 Å². The molecule has 2 atom stereocenters. The van der Waals surface area contributed by atoms with E-state index in [9.17, 15) is 9.59 Å². The minimum Gasteiger partial charge on any atom is -0.497 e. The number of hydrogen-bond acceptors (Lipinski definition) is 6. The van der Waals surface area contributed by atoms with Crippen molar-refractivity contribution in [3.05, 3.63) is 94.0 Å². The van der Waals surface area contributed by atoms with Crippen molar-refractivity contribution in [3.8, 4) is 5.75 Å². The highest BCUT2D eigenvalue weighted by atomic mass is 35.5. The lowest BCUT2D eigenvalue weighted by molar-refractivity contribution is -0.121. The van der Waals surface area contributed by atoms with Crippen LogP contribution in [0.2, 0.25) is 10.0 Å². The minimum atomic E-state index is -0.638. The van der Waals surface area contributed by atoms with Gasteiger partial charge >= 0.3 is 0 Å². The molecule has 0 aliphatic carbocycles. The first-order chi connectivity index (χ1) is 17.9. The van der Waals surface area contributed by atoms with Crippen molar-refractivity contribution in [1.82, 2.24) is 5.01 Å². The zero-order chi connectivity index (χ0) is 25.9. The number of carbonyl (C=O) groups is 2. The van der Waals surface area contributed by atoms with E-state index >= 15 is 0 Å². The van der Waals surface area contributed by atoms with Gasteiger partial charge in [0.15, 0.2) is 5.17 Å². The van der Waals surface area contributed by atoms with Gasteiger partial charge in [-0.2, -0.15) is 10.1 Å². The highest BCUT2D eigenvalue weighted by Crippen LogP contribution is 2.39. The maximum absolute atomic E-state index is 12.8. The number of hydrazone groups is 1. The van der Waals surface area contributed by atoms with E-state index in [0.29, 0.717) is 27.3 Å². The lowest BCUT2D eigenvalue weighted by atomic mass is 9.98. The molecular formula is C27H22Cl2N4O3S. The molecule has 5 rings (SSSR count). The highest BCUT2D eigenvalue weighted by molar-refractivity contribution is 8.15. The number of amidine groups is 1. The van der Waals surface area contributed by atoms with Gasteiger partial charge in [0.25, 0.3) is 5.91 Å². The summed E-state index contributed by atoms with van der Waals surface area (Å²) in [4.78, 5) is 29.7. The molecule has 0 fully saturated rings. The second-order valence-electron chi connectivity index (χ2n) is 8.49. The molecule has 1 N–H and O–H groups in total. The number of carbonyl (C=O) groups excluding carboxylic acids is 2. The Balaban J connectivity index is 1.35. The smallest absolute Gasteiger partial charge is 0.262 e. The zero-order valence-corrected chi connectivity index (χ0v) is 22.1. The van der Waals surface area contributed by atoms with E-state index in [-0.39, 0.29) is 24.3 Å². The van der Waals surface area contributed by atoms with Crippen molar-refractivity contribution in [1.29, 1.82) is 0 Å². The standard InChI is InChI=1S/C27H22Cl2N4O3S/c1-36-21-11-7-17(8-12-21)23-14-22(16-5-9-18(28)10-6-16)32-33(23)27-31-26(35)24(37-27)15-25(34)30-20-4-2-3-19(29)13-20/h2-13,23-24H,14-15H2,1H3,(H,30,34)/t23-,24+/m0/s1. The Hall–Kier alpha value is -3.33. The van der Waals surface area contributed by atoms with Crippen molar-refractivity contribution in [3.63, 3.8) is 0 Å². The van der Waals surface area contributed by atoms with Crippen LogP contribution in [-0.4, -0.2) is 40.1 Å². The largest absolute Gasteiger partial charge is 0.497 e. The number of nitrogens with zero attached hydrogens (tertiary/aromatic N) is 3. The monoisotopic (exact) mass is 552 g/mol. The second kappa shape index (κ2) is 11.0. The van der Waals surface area contributed by atoms with Crippen LogP contribution in [0, 0.1) is 0 Å². The predicted molar refractivity (Wildman–Crippen MR) is 149 cm³/mol. The highest BCUT2D eigenvalue weighted by Gasteiger charge is 2.39. The molecule has 3 aromatic carbocycles. The summed E-state index contributed by atoms with van der Waals surface area (Å²) in [6.45, 7) is 0. The van der Waals surface area contributed by atoms with Gasteiger partial charge in [0.1, 0.15) is 11.0 Å². The maximum atomic E-state index is 12.8. The summed E-state index contributed by atoms with van der Waals surface area (Å²) < 4.78 is 5.30. The molecule has 7 nitrogen and oxygen atoms in total. The Morgan fingerprint density at radius 1 is 1.08 bits per heavy atom. The van der Waals surface area contributed by atoms with E-state index in [4.69, 9.17) is 33.0 Å². The third-order valence-electron chi connectivity index (χ3n) is 5.99. The van der Waals surface area contributed by atoms with Crippen molar-refractivity contribution >= 4 is 63.3 Å². The molecule has 2 aliphatic heterocycles. The summed E-state index contributed by atoms with van der Waals surface area (Å²) in [5, 5.41) is 10.4. The van der Waals surface area contributed by atoms with Crippen molar-refractivity contribution in [2.45, 2.75) is 24.1 Å². The lowest BCUT2D eigenvalue weighted by Gasteiger charge is -2.23. The molecule has 0 saturated heterocycles. The SMILES string of the molecule is COc1ccc([C@@H]2CC(c3ccc(Cl)cc3)=NN2C2=NC(=O)[C@@H](CC(=O)Nc3cccc(Cl)c3)S2)cc1. The number of hydrogen-bond donors (Lipinski definition) is 1. The van der Waals surface area contributed by atoms with Crippen LogP contribution in [0.25, 0.3) is 0 Å². The number of thioether (sulfide) groups is 1. The van der Waals surface area contributed by atoms with Crippen LogP contribution in [0.1, 0.15) is 30.0 Å². The Labute approximate surface area is 228 Å². The molecule has 2 aliphatic rings. The number of aliphatic imine (C=N–C) groups is 1. The quantitative estimate of drug-likeness (QED) is 0.394. The van der Waals surface area contributed by atoms with Crippen LogP contribution < -0.4 is 10.1 Å². The van der Waals surface area contributed by atoms with Gasteiger partial charge in [-0.15, -0.1) is 0 Å². The first-order valence-corrected chi connectivity index (χ1v) is 13.1. The molecule has 2 heterocycles. The predicted octanol–water partition coefficient (Wildman–Crippen LogP) is 6.18. The third kappa shape index (κ3) is 5.82. The first kappa shape index (κ1) is 25.3. The van der Waals surface area contributed by atoms with Crippen LogP contribution in [0.15, 0.2) is 82.9 Å². The van der Waals surface area contributed by atoms with Crippen LogP contribution in [-0.2, 0) is 9.59 Å². The van der Waals surface area contributed by atoms with Crippen molar-refractivity contribution in [2.24, 2.45) is 10.1 Å². The second-order valence-corrected chi connectivity index (χ2v) is 10.5. The first-order valence-electron chi connectivity index (χ1n) is 11.5. The number of nitrogens with one attached hydrogen (secondary N) is 1. The Morgan fingerprint density at radius 3 is 2.54 bits per heavy atom. The van der Waals surface area contributed by atoms with E-state index in [1.54, 1.807) is 36.4 Å². The Kier molecular flexibility index (Phi) is 7.50. The van der Waals surface area contributed by atoms with Gasteiger partial charge < -0.3 is 10.1 Å². The van der Waals surface area contributed by atoms with Crippen LogP contribution in [0.4, 0.5) is 5.69 Å². The number of amides is 2. The number of methoxy groups -OCH3 is 1. The molecule has 188 valence electrons. The molecule has 0 saturated carbocycles. The fraction of sp³-hybridized carbons (Fsp3) is 0.185. The van der Waals surface area contributed by atoms with E-state index < -0.39 is 5.25 Å². The molecule has 0 aromatic heterocycles. The molecule has 37 heavy (non-hydrogen) atoms. The Morgan fingerprint density at radius 2 is 1.84 bits per heavy atom.